The molecule has 2 aromatic heterocycles. The highest BCUT2D eigenvalue weighted by Gasteiger charge is 2.02. The van der Waals surface area contributed by atoms with Crippen molar-refractivity contribution in [3.05, 3.63) is 18.2 Å². The van der Waals surface area contributed by atoms with Gasteiger partial charge >= 0.3 is 0 Å². The quantitative estimate of drug-likeness (QED) is 0.664. The van der Waals surface area contributed by atoms with Crippen LogP contribution in [-0.4, -0.2) is 22.0 Å². The molecule has 12 heavy (non-hydrogen) atoms. The van der Waals surface area contributed by atoms with Gasteiger partial charge in [0.1, 0.15) is 11.3 Å². The molecule has 0 amide bonds. The van der Waals surface area contributed by atoms with E-state index in [1.165, 1.54) is 0 Å². The first-order valence-electron chi connectivity index (χ1n) is 3.79. The topological polar surface area (TPSA) is 53.6 Å². The number of aromatic amines is 1. The van der Waals surface area contributed by atoms with Gasteiger partial charge in [-0.15, -0.1) is 0 Å². The van der Waals surface area contributed by atoms with Gasteiger partial charge < -0.3 is 10.3 Å². The first kappa shape index (κ1) is 7.09. The maximum atomic E-state index is 4.33. The van der Waals surface area contributed by atoms with E-state index in [9.17, 15) is 0 Å². The van der Waals surface area contributed by atoms with E-state index in [1.807, 2.05) is 14.0 Å². The van der Waals surface area contributed by atoms with Crippen LogP contribution in [0.4, 0.5) is 5.69 Å². The molecular weight excluding hydrogens is 152 g/mol. The van der Waals surface area contributed by atoms with Crippen molar-refractivity contribution in [3.8, 4) is 0 Å². The molecular formula is C8H10N4. The highest BCUT2D eigenvalue weighted by atomic mass is 15.0. The van der Waals surface area contributed by atoms with Crippen molar-refractivity contribution in [2.75, 3.05) is 12.4 Å². The summed E-state index contributed by atoms with van der Waals surface area (Å²) < 4.78 is 0. The van der Waals surface area contributed by atoms with E-state index in [0.29, 0.717) is 0 Å². The average molecular weight is 162 g/mol. The second-order valence-corrected chi connectivity index (χ2v) is 2.66. The van der Waals surface area contributed by atoms with Crippen LogP contribution in [0.3, 0.4) is 0 Å². The zero-order chi connectivity index (χ0) is 8.55. The fraction of sp³-hybridized carbons (Fsp3) is 0.250. The number of nitrogens with one attached hydrogen (secondary N) is 2. The van der Waals surface area contributed by atoms with Crippen molar-refractivity contribution >= 4 is 16.7 Å². The van der Waals surface area contributed by atoms with Crippen molar-refractivity contribution in [2.45, 2.75) is 6.92 Å². The highest BCUT2D eigenvalue weighted by molar-refractivity contribution is 5.86. The molecule has 0 saturated carbocycles. The number of pyridine rings is 1. The molecule has 0 saturated heterocycles. The van der Waals surface area contributed by atoms with Crippen molar-refractivity contribution in [3.63, 3.8) is 0 Å². The summed E-state index contributed by atoms with van der Waals surface area (Å²) in [6.07, 6.45) is 3.54. The Morgan fingerprint density at radius 2 is 2.25 bits per heavy atom. The summed E-state index contributed by atoms with van der Waals surface area (Å²) >= 11 is 0. The van der Waals surface area contributed by atoms with Crippen molar-refractivity contribution < 1.29 is 0 Å². The van der Waals surface area contributed by atoms with Crippen LogP contribution in [0.5, 0.6) is 0 Å². The Hall–Kier alpha value is -1.58. The summed E-state index contributed by atoms with van der Waals surface area (Å²) in [5.74, 6) is 0.912. The molecule has 0 aliphatic carbocycles. The Balaban J connectivity index is 2.78. The van der Waals surface area contributed by atoms with E-state index < -0.39 is 0 Å². The summed E-state index contributed by atoms with van der Waals surface area (Å²) in [4.78, 5) is 11.5. The van der Waals surface area contributed by atoms with Crippen molar-refractivity contribution in [1.82, 2.24) is 15.0 Å². The van der Waals surface area contributed by atoms with Crippen LogP contribution in [0, 0.1) is 6.92 Å². The summed E-state index contributed by atoms with van der Waals surface area (Å²) in [6, 6.07) is 0. The summed E-state index contributed by atoms with van der Waals surface area (Å²) in [7, 11) is 1.86. The summed E-state index contributed by atoms with van der Waals surface area (Å²) in [6.45, 7) is 1.93. The van der Waals surface area contributed by atoms with Crippen LogP contribution >= 0.6 is 0 Å². The van der Waals surface area contributed by atoms with Gasteiger partial charge in [0.05, 0.1) is 23.6 Å². The highest BCUT2D eigenvalue weighted by Crippen LogP contribution is 2.18. The molecule has 0 unspecified atom stereocenters. The average Bonchev–Trinajstić information content (AvgIpc) is 2.44. The lowest BCUT2D eigenvalue weighted by atomic mass is 10.3. The molecule has 0 atom stereocenters. The number of H-pyrrole nitrogens is 1. The molecule has 2 heterocycles. The van der Waals surface area contributed by atoms with E-state index in [-0.39, 0.29) is 0 Å². The SMILES string of the molecule is CNc1cncc2[nH]c(C)nc12. The number of nitrogens with zero attached hydrogens (tertiary/aromatic N) is 2. The van der Waals surface area contributed by atoms with Crippen LogP contribution < -0.4 is 5.32 Å². The van der Waals surface area contributed by atoms with Gasteiger partial charge in [-0.25, -0.2) is 4.98 Å². The Morgan fingerprint density at radius 3 is 3.00 bits per heavy atom. The molecule has 2 N–H and O–H groups in total. The van der Waals surface area contributed by atoms with Gasteiger partial charge in [0.2, 0.25) is 0 Å². The lowest BCUT2D eigenvalue weighted by Gasteiger charge is -1.97. The van der Waals surface area contributed by atoms with Gasteiger partial charge in [0, 0.05) is 7.05 Å². The monoisotopic (exact) mass is 162 g/mol. The number of fused-ring (bicyclic) bond motifs is 1. The van der Waals surface area contributed by atoms with Gasteiger partial charge in [0.15, 0.2) is 0 Å². The molecule has 0 bridgehead atoms. The predicted octanol–water partition coefficient (Wildman–Crippen LogP) is 1.31. The predicted molar refractivity (Wildman–Crippen MR) is 48.2 cm³/mol. The minimum atomic E-state index is 0.912. The van der Waals surface area contributed by atoms with E-state index >= 15 is 0 Å². The number of hydrogen-bond donors (Lipinski definition) is 2. The summed E-state index contributed by atoms with van der Waals surface area (Å²) in [5.41, 5.74) is 2.88. The maximum absolute atomic E-state index is 4.33. The molecule has 4 nitrogen and oxygen atoms in total. The standard InChI is InChI=1S/C8H10N4/c1-5-11-7-4-10-3-6(9-2)8(7)12-5/h3-4,9H,1-2H3,(H,11,12). The van der Waals surface area contributed by atoms with Crippen LogP contribution in [0.2, 0.25) is 0 Å². The minimum absolute atomic E-state index is 0.912. The molecule has 4 heteroatoms. The lowest BCUT2D eigenvalue weighted by Crippen LogP contribution is -1.89. The van der Waals surface area contributed by atoms with Gasteiger partial charge in [-0.05, 0) is 6.92 Å². The number of aromatic nitrogens is 3. The van der Waals surface area contributed by atoms with Crippen LogP contribution in [0.25, 0.3) is 11.0 Å². The molecule has 2 rings (SSSR count). The second kappa shape index (κ2) is 2.48. The first-order valence-corrected chi connectivity index (χ1v) is 3.79. The Bertz CT molecular complexity index is 404. The molecule has 0 aliphatic rings. The normalized spacial score (nSPS) is 10.5. The van der Waals surface area contributed by atoms with Gasteiger partial charge in [-0.1, -0.05) is 0 Å². The smallest absolute Gasteiger partial charge is 0.115 e. The van der Waals surface area contributed by atoms with Gasteiger partial charge in [-0.3, -0.25) is 4.98 Å². The van der Waals surface area contributed by atoms with E-state index in [4.69, 9.17) is 0 Å². The fourth-order valence-electron chi connectivity index (χ4n) is 1.24. The van der Waals surface area contributed by atoms with E-state index in [0.717, 1.165) is 22.5 Å². The fourth-order valence-corrected chi connectivity index (χ4v) is 1.24. The minimum Gasteiger partial charge on any atom is -0.385 e. The number of rotatable bonds is 1. The van der Waals surface area contributed by atoms with Gasteiger partial charge in [-0.2, -0.15) is 0 Å². The third-order valence-electron chi connectivity index (χ3n) is 1.78. The number of hydrogen-bond acceptors (Lipinski definition) is 3. The Labute approximate surface area is 70.0 Å². The molecule has 0 aliphatic heterocycles. The number of anilines is 1. The van der Waals surface area contributed by atoms with Crippen molar-refractivity contribution in [1.29, 1.82) is 0 Å². The number of aryl methyl sites for hydroxylation is 1. The van der Waals surface area contributed by atoms with Crippen LogP contribution in [-0.2, 0) is 0 Å². The molecule has 0 radical (unpaired) electrons. The largest absolute Gasteiger partial charge is 0.385 e. The maximum Gasteiger partial charge on any atom is 0.115 e. The third kappa shape index (κ3) is 0.922. The molecule has 0 aromatic carbocycles. The summed E-state index contributed by atoms with van der Waals surface area (Å²) in [5, 5.41) is 3.04. The van der Waals surface area contributed by atoms with Crippen LogP contribution in [0.1, 0.15) is 5.82 Å². The lowest BCUT2D eigenvalue weighted by molar-refractivity contribution is 1.17. The first-order chi connectivity index (χ1) is 5.81. The molecule has 0 fully saturated rings. The number of imidazole rings is 1. The second-order valence-electron chi connectivity index (χ2n) is 2.66. The van der Waals surface area contributed by atoms with Crippen molar-refractivity contribution in [2.24, 2.45) is 0 Å². The third-order valence-corrected chi connectivity index (χ3v) is 1.78. The molecule has 62 valence electrons. The van der Waals surface area contributed by atoms with E-state index in [1.54, 1.807) is 12.4 Å². The Morgan fingerprint density at radius 1 is 1.42 bits per heavy atom. The zero-order valence-electron chi connectivity index (χ0n) is 7.05. The zero-order valence-corrected chi connectivity index (χ0v) is 7.05. The Kier molecular flexibility index (Phi) is 1.46. The molecule has 2 aromatic rings. The van der Waals surface area contributed by atoms with Gasteiger partial charge in [0.25, 0.3) is 0 Å². The van der Waals surface area contributed by atoms with Crippen LogP contribution in [0.15, 0.2) is 12.4 Å². The molecule has 0 spiro atoms. The van der Waals surface area contributed by atoms with E-state index in [2.05, 4.69) is 20.3 Å².